The molecule has 3 heterocycles. The number of nitrogens with zero attached hydrogens (tertiary/aromatic N) is 3. The van der Waals surface area contributed by atoms with Gasteiger partial charge in [0.2, 0.25) is 0 Å². The largest absolute Gasteiger partial charge is 0.456 e. The SMILES string of the molecule is c1ccc(-c2ccc3cc(-c4cc(-c5ccc(-c6cc7ccccc7o6)cc5)nc(-c5ccc(-n6c7ccccc7c7ccccc76)cc5)n4)ccc3c2)cc1. The van der Waals surface area contributed by atoms with Crippen molar-refractivity contribution >= 4 is 43.5 Å². The number of aromatic nitrogens is 3. The van der Waals surface area contributed by atoms with Gasteiger partial charge in [0.25, 0.3) is 0 Å². The normalized spacial score (nSPS) is 11.6. The summed E-state index contributed by atoms with van der Waals surface area (Å²) in [5.74, 6) is 1.52. The van der Waals surface area contributed by atoms with Crippen LogP contribution in [0.25, 0.3) is 106 Å². The molecule has 0 aliphatic rings. The van der Waals surface area contributed by atoms with Crippen LogP contribution in [0.4, 0.5) is 0 Å². The third-order valence-corrected chi connectivity index (χ3v) is 10.8. The van der Waals surface area contributed by atoms with Crippen LogP contribution in [0.15, 0.2) is 205 Å². The fourth-order valence-electron chi connectivity index (χ4n) is 7.98. The van der Waals surface area contributed by atoms with Gasteiger partial charge in [-0.25, -0.2) is 9.97 Å². The Morgan fingerprint density at radius 2 is 0.911 bits per heavy atom. The van der Waals surface area contributed by atoms with E-state index in [1.54, 1.807) is 0 Å². The fourth-order valence-corrected chi connectivity index (χ4v) is 7.98. The molecule has 0 aliphatic carbocycles. The Morgan fingerprint density at radius 3 is 1.62 bits per heavy atom. The number of fused-ring (bicyclic) bond motifs is 5. The van der Waals surface area contributed by atoms with Gasteiger partial charge in [-0.1, -0.05) is 133 Å². The van der Waals surface area contributed by atoms with E-state index < -0.39 is 0 Å². The van der Waals surface area contributed by atoms with Crippen molar-refractivity contribution in [3.63, 3.8) is 0 Å². The molecule has 8 aromatic carbocycles. The molecule has 4 heteroatoms. The van der Waals surface area contributed by atoms with E-state index in [2.05, 4.69) is 187 Å². The summed E-state index contributed by atoms with van der Waals surface area (Å²) < 4.78 is 8.51. The summed E-state index contributed by atoms with van der Waals surface area (Å²) >= 11 is 0. The van der Waals surface area contributed by atoms with E-state index in [1.807, 2.05) is 18.2 Å². The minimum Gasteiger partial charge on any atom is -0.456 e. The second-order valence-electron chi connectivity index (χ2n) is 14.2. The number of hydrogen-bond donors (Lipinski definition) is 0. The van der Waals surface area contributed by atoms with E-state index in [9.17, 15) is 0 Å². The molecule has 0 bridgehead atoms. The molecule has 0 aliphatic heterocycles. The van der Waals surface area contributed by atoms with E-state index in [0.717, 1.165) is 61.4 Å². The minimum absolute atomic E-state index is 0.673. The van der Waals surface area contributed by atoms with Gasteiger partial charge in [0.05, 0.1) is 22.4 Å². The molecule has 0 N–H and O–H groups in total. The Labute approximate surface area is 323 Å². The van der Waals surface area contributed by atoms with Crippen LogP contribution in [0.3, 0.4) is 0 Å². The maximum absolute atomic E-state index is 6.18. The number of hydrogen-bond acceptors (Lipinski definition) is 3. The number of benzene rings is 8. The van der Waals surface area contributed by atoms with Gasteiger partial charge in [-0.3, -0.25) is 0 Å². The molecule has 262 valence electrons. The van der Waals surface area contributed by atoms with Gasteiger partial charge in [0, 0.05) is 44.1 Å². The second-order valence-corrected chi connectivity index (χ2v) is 14.2. The van der Waals surface area contributed by atoms with E-state index in [-0.39, 0.29) is 0 Å². The maximum Gasteiger partial charge on any atom is 0.160 e. The predicted octanol–water partition coefficient (Wildman–Crippen LogP) is 13.8. The first-order valence-electron chi connectivity index (χ1n) is 18.9. The van der Waals surface area contributed by atoms with Gasteiger partial charge in [-0.15, -0.1) is 0 Å². The third kappa shape index (κ3) is 5.55. The standard InChI is InChI=1S/C52H33N3O/c1-2-10-34(11-3-1)38-22-23-40-31-41(25-24-39(40)30-38)47-33-46(35-18-20-36(21-19-35)51-32-42-12-4-9-17-50(42)56-51)53-52(54-47)37-26-28-43(29-27-37)55-48-15-7-5-13-44(48)45-14-6-8-16-49(45)55/h1-33H. The van der Waals surface area contributed by atoms with Crippen LogP contribution in [0.1, 0.15) is 0 Å². The molecule has 11 rings (SSSR count). The van der Waals surface area contributed by atoms with Crippen LogP contribution in [0.5, 0.6) is 0 Å². The molecule has 0 amide bonds. The highest BCUT2D eigenvalue weighted by Gasteiger charge is 2.15. The quantitative estimate of drug-likeness (QED) is 0.172. The lowest BCUT2D eigenvalue weighted by atomic mass is 9.98. The minimum atomic E-state index is 0.673. The summed E-state index contributed by atoms with van der Waals surface area (Å²) in [6, 6.07) is 70.3. The van der Waals surface area contributed by atoms with Crippen LogP contribution in [0.2, 0.25) is 0 Å². The zero-order chi connectivity index (χ0) is 37.0. The molecule has 3 aromatic heterocycles. The van der Waals surface area contributed by atoms with Crippen molar-refractivity contribution < 1.29 is 4.42 Å². The van der Waals surface area contributed by atoms with Crippen molar-refractivity contribution in [1.82, 2.24) is 14.5 Å². The van der Waals surface area contributed by atoms with Crippen LogP contribution < -0.4 is 0 Å². The molecule has 56 heavy (non-hydrogen) atoms. The predicted molar refractivity (Wildman–Crippen MR) is 231 cm³/mol. The summed E-state index contributed by atoms with van der Waals surface area (Å²) in [5.41, 5.74) is 12.5. The number of para-hydroxylation sites is 3. The summed E-state index contributed by atoms with van der Waals surface area (Å²) in [6.45, 7) is 0. The van der Waals surface area contributed by atoms with Crippen molar-refractivity contribution in [3.05, 3.63) is 200 Å². The molecule has 0 atom stereocenters. The molecular formula is C52H33N3O. The average Bonchev–Trinajstić information content (AvgIpc) is 3.86. The summed E-state index contributed by atoms with van der Waals surface area (Å²) in [5, 5.41) is 5.92. The van der Waals surface area contributed by atoms with Gasteiger partial charge in [0.15, 0.2) is 5.82 Å². The summed E-state index contributed by atoms with van der Waals surface area (Å²) in [7, 11) is 0. The molecule has 0 saturated carbocycles. The molecule has 0 fully saturated rings. The molecule has 0 radical (unpaired) electrons. The molecule has 0 spiro atoms. The van der Waals surface area contributed by atoms with Crippen LogP contribution in [-0.2, 0) is 0 Å². The van der Waals surface area contributed by atoms with E-state index in [4.69, 9.17) is 14.4 Å². The first-order valence-corrected chi connectivity index (χ1v) is 18.9. The van der Waals surface area contributed by atoms with E-state index in [1.165, 1.54) is 38.3 Å². The summed E-state index contributed by atoms with van der Waals surface area (Å²) in [4.78, 5) is 10.4. The van der Waals surface area contributed by atoms with E-state index >= 15 is 0 Å². The van der Waals surface area contributed by atoms with Crippen LogP contribution in [-0.4, -0.2) is 14.5 Å². The van der Waals surface area contributed by atoms with Crippen molar-refractivity contribution in [2.24, 2.45) is 0 Å². The molecule has 0 unspecified atom stereocenters. The first-order chi connectivity index (χ1) is 27.7. The van der Waals surface area contributed by atoms with Crippen molar-refractivity contribution in [2.45, 2.75) is 0 Å². The molecule has 4 nitrogen and oxygen atoms in total. The Bertz CT molecular complexity index is 3140. The van der Waals surface area contributed by atoms with Crippen molar-refractivity contribution in [3.8, 4) is 62.0 Å². The topological polar surface area (TPSA) is 43.9 Å². The molecule has 11 aromatic rings. The second kappa shape index (κ2) is 13.1. The first kappa shape index (κ1) is 31.9. The number of rotatable bonds is 6. The van der Waals surface area contributed by atoms with Crippen LogP contribution in [0, 0.1) is 0 Å². The highest BCUT2D eigenvalue weighted by Crippen LogP contribution is 2.35. The monoisotopic (exact) mass is 715 g/mol. The van der Waals surface area contributed by atoms with Gasteiger partial charge >= 0.3 is 0 Å². The molecular weight excluding hydrogens is 683 g/mol. The van der Waals surface area contributed by atoms with Gasteiger partial charge in [-0.05, 0) is 88.6 Å². The highest BCUT2D eigenvalue weighted by atomic mass is 16.3. The van der Waals surface area contributed by atoms with Gasteiger partial charge < -0.3 is 8.98 Å². The third-order valence-electron chi connectivity index (χ3n) is 10.8. The average molecular weight is 716 g/mol. The maximum atomic E-state index is 6.18. The lowest BCUT2D eigenvalue weighted by Crippen LogP contribution is -1.97. The number of furan rings is 1. The lowest BCUT2D eigenvalue weighted by Gasteiger charge is -2.12. The Kier molecular flexibility index (Phi) is 7.46. The van der Waals surface area contributed by atoms with Gasteiger partial charge in [-0.2, -0.15) is 0 Å². The van der Waals surface area contributed by atoms with Gasteiger partial charge in [0.1, 0.15) is 11.3 Å². The Hall–Kier alpha value is -7.56. The van der Waals surface area contributed by atoms with E-state index in [0.29, 0.717) is 5.82 Å². The van der Waals surface area contributed by atoms with Crippen molar-refractivity contribution in [2.75, 3.05) is 0 Å². The Balaban J connectivity index is 1.01. The summed E-state index contributed by atoms with van der Waals surface area (Å²) in [6.07, 6.45) is 0. The smallest absolute Gasteiger partial charge is 0.160 e. The molecule has 0 saturated heterocycles. The van der Waals surface area contributed by atoms with Crippen LogP contribution >= 0.6 is 0 Å². The Morgan fingerprint density at radius 1 is 0.357 bits per heavy atom. The zero-order valence-corrected chi connectivity index (χ0v) is 30.3. The zero-order valence-electron chi connectivity index (χ0n) is 30.3. The highest BCUT2D eigenvalue weighted by molar-refractivity contribution is 6.09. The van der Waals surface area contributed by atoms with Crippen molar-refractivity contribution in [1.29, 1.82) is 0 Å². The lowest BCUT2D eigenvalue weighted by molar-refractivity contribution is 0.631. The fraction of sp³-hybridized carbons (Fsp3) is 0.